The van der Waals surface area contributed by atoms with Crippen molar-refractivity contribution in [3.8, 4) is 0 Å². The summed E-state index contributed by atoms with van der Waals surface area (Å²) < 4.78 is 1.73. The number of carboxylic acids is 1. The van der Waals surface area contributed by atoms with Gasteiger partial charge >= 0.3 is 5.97 Å². The van der Waals surface area contributed by atoms with Crippen LogP contribution in [0.25, 0.3) is 0 Å². The van der Waals surface area contributed by atoms with E-state index >= 15 is 0 Å². The molecule has 0 aromatic carbocycles. The average Bonchev–Trinajstić information content (AvgIpc) is 2.51. The number of aliphatic carboxylic acids is 1. The van der Waals surface area contributed by atoms with Crippen LogP contribution >= 0.6 is 0 Å². The molecule has 14 heavy (non-hydrogen) atoms. The summed E-state index contributed by atoms with van der Waals surface area (Å²) in [5, 5.41) is 13.2. The molecule has 0 saturated carbocycles. The van der Waals surface area contributed by atoms with Gasteiger partial charge in [-0.25, -0.2) is 0 Å². The van der Waals surface area contributed by atoms with E-state index in [0.29, 0.717) is 6.54 Å². The molecular weight excluding hydrogens is 180 g/mol. The highest BCUT2D eigenvalue weighted by Crippen LogP contribution is 2.24. The van der Waals surface area contributed by atoms with E-state index in [-0.39, 0.29) is 5.92 Å². The first-order valence-corrected chi connectivity index (χ1v) is 4.82. The summed E-state index contributed by atoms with van der Waals surface area (Å²) in [6, 6.07) is 1.78. The first-order valence-electron chi connectivity index (χ1n) is 4.82. The maximum absolute atomic E-state index is 11.1. The first kappa shape index (κ1) is 10.8. The standard InChI is InChI=1S/C10H16N2O2/c1-4-12-8(5-6-11-12)9(7(2)3)10(13)14/h5-7,9H,4H2,1-3H3,(H,13,14). The SMILES string of the molecule is CCn1nccc1C(C(=O)O)C(C)C. The Labute approximate surface area is 83.5 Å². The second-order valence-electron chi connectivity index (χ2n) is 3.63. The molecule has 0 saturated heterocycles. The minimum absolute atomic E-state index is 0.0782. The highest BCUT2D eigenvalue weighted by atomic mass is 16.4. The van der Waals surface area contributed by atoms with Gasteiger partial charge in [-0.15, -0.1) is 0 Å². The fourth-order valence-corrected chi connectivity index (χ4v) is 1.62. The van der Waals surface area contributed by atoms with Gasteiger partial charge in [0.2, 0.25) is 0 Å². The van der Waals surface area contributed by atoms with Crippen LogP contribution < -0.4 is 0 Å². The number of aromatic nitrogens is 2. The van der Waals surface area contributed by atoms with Crippen LogP contribution in [0.4, 0.5) is 0 Å². The predicted octanol–water partition coefficient (Wildman–Crippen LogP) is 1.73. The third-order valence-corrected chi connectivity index (χ3v) is 2.30. The minimum atomic E-state index is -0.782. The number of carbonyl (C=O) groups is 1. The Kier molecular flexibility index (Phi) is 3.28. The van der Waals surface area contributed by atoms with Crippen molar-refractivity contribution >= 4 is 5.97 Å². The van der Waals surface area contributed by atoms with Crippen molar-refractivity contribution in [1.29, 1.82) is 0 Å². The summed E-state index contributed by atoms with van der Waals surface area (Å²) in [7, 11) is 0. The van der Waals surface area contributed by atoms with E-state index in [9.17, 15) is 4.79 Å². The number of hydrogen-bond acceptors (Lipinski definition) is 2. The minimum Gasteiger partial charge on any atom is -0.481 e. The smallest absolute Gasteiger partial charge is 0.312 e. The maximum atomic E-state index is 11.1. The van der Waals surface area contributed by atoms with Gasteiger partial charge in [-0.1, -0.05) is 13.8 Å². The van der Waals surface area contributed by atoms with Crippen LogP contribution in [0, 0.1) is 5.92 Å². The van der Waals surface area contributed by atoms with Gasteiger partial charge in [-0.2, -0.15) is 5.10 Å². The average molecular weight is 196 g/mol. The fraction of sp³-hybridized carbons (Fsp3) is 0.600. The number of rotatable bonds is 4. The fourth-order valence-electron chi connectivity index (χ4n) is 1.62. The Morgan fingerprint density at radius 3 is 2.71 bits per heavy atom. The molecule has 1 aromatic heterocycles. The molecule has 0 amide bonds. The molecule has 1 N–H and O–H groups in total. The van der Waals surface area contributed by atoms with Gasteiger partial charge in [0.25, 0.3) is 0 Å². The van der Waals surface area contributed by atoms with Crippen LogP contribution in [0.15, 0.2) is 12.3 Å². The van der Waals surface area contributed by atoms with Gasteiger partial charge in [0.1, 0.15) is 5.92 Å². The van der Waals surface area contributed by atoms with Gasteiger partial charge in [0.15, 0.2) is 0 Å². The molecule has 0 fully saturated rings. The Balaban J connectivity index is 3.04. The lowest BCUT2D eigenvalue weighted by atomic mass is 9.92. The Morgan fingerprint density at radius 2 is 2.29 bits per heavy atom. The lowest BCUT2D eigenvalue weighted by molar-refractivity contribution is -0.140. The van der Waals surface area contributed by atoms with Crippen molar-refractivity contribution in [3.05, 3.63) is 18.0 Å². The van der Waals surface area contributed by atoms with Crippen molar-refractivity contribution in [2.24, 2.45) is 5.92 Å². The Hall–Kier alpha value is -1.32. The van der Waals surface area contributed by atoms with Crippen LogP contribution in [-0.2, 0) is 11.3 Å². The molecule has 0 spiro atoms. The largest absolute Gasteiger partial charge is 0.481 e. The third-order valence-electron chi connectivity index (χ3n) is 2.30. The van der Waals surface area contributed by atoms with Crippen LogP contribution in [0.3, 0.4) is 0 Å². The van der Waals surface area contributed by atoms with Crippen molar-refractivity contribution in [2.75, 3.05) is 0 Å². The molecule has 4 heteroatoms. The number of carboxylic acid groups (broad SMARTS) is 1. The molecule has 0 radical (unpaired) electrons. The molecule has 1 unspecified atom stereocenters. The molecule has 0 aliphatic rings. The Bertz CT molecular complexity index is 318. The molecule has 1 rings (SSSR count). The number of nitrogens with zero attached hydrogens (tertiary/aromatic N) is 2. The Morgan fingerprint density at radius 1 is 1.64 bits per heavy atom. The normalized spacial score (nSPS) is 13.1. The molecule has 78 valence electrons. The van der Waals surface area contributed by atoms with Crippen LogP contribution in [0.2, 0.25) is 0 Å². The van der Waals surface area contributed by atoms with Crippen molar-refractivity contribution < 1.29 is 9.90 Å². The van der Waals surface area contributed by atoms with Crippen molar-refractivity contribution in [1.82, 2.24) is 9.78 Å². The highest BCUT2D eigenvalue weighted by Gasteiger charge is 2.26. The van der Waals surface area contributed by atoms with E-state index in [1.54, 1.807) is 16.9 Å². The molecule has 1 atom stereocenters. The van der Waals surface area contributed by atoms with Crippen LogP contribution in [0.5, 0.6) is 0 Å². The zero-order valence-corrected chi connectivity index (χ0v) is 8.77. The third kappa shape index (κ3) is 1.95. The van der Waals surface area contributed by atoms with Crippen molar-refractivity contribution in [3.63, 3.8) is 0 Å². The second kappa shape index (κ2) is 4.26. The van der Waals surface area contributed by atoms with E-state index in [2.05, 4.69) is 5.10 Å². The van der Waals surface area contributed by atoms with E-state index in [0.717, 1.165) is 5.69 Å². The summed E-state index contributed by atoms with van der Waals surface area (Å²) in [4.78, 5) is 11.1. The summed E-state index contributed by atoms with van der Waals surface area (Å²) >= 11 is 0. The summed E-state index contributed by atoms with van der Waals surface area (Å²) in [5.74, 6) is -1.16. The van der Waals surface area contributed by atoms with E-state index in [1.807, 2.05) is 20.8 Å². The zero-order chi connectivity index (χ0) is 10.7. The zero-order valence-electron chi connectivity index (χ0n) is 8.77. The molecular formula is C10H16N2O2. The molecule has 0 aliphatic heterocycles. The molecule has 1 heterocycles. The summed E-state index contributed by atoms with van der Waals surface area (Å²) in [6.45, 7) is 6.48. The van der Waals surface area contributed by atoms with Gasteiger partial charge in [-0.05, 0) is 18.9 Å². The van der Waals surface area contributed by atoms with Gasteiger partial charge in [-0.3, -0.25) is 9.48 Å². The molecule has 0 aliphatic carbocycles. The van der Waals surface area contributed by atoms with Crippen molar-refractivity contribution in [2.45, 2.75) is 33.2 Å². The topological polar surface area (TPSA) is 55.1 Å². The lowest BCUT2D eigenvalue weighted by Crippen LogP contribution is -2.21. The monoisotopic (exact) mass is 196 g/mol. The molecule has 4 nitrogen and oxygen atoms in total. The molecule has 0 bridgehead atoms. The second-order valence-corrected chi connectivity index (χ2v) is 3.63. The summed E-state index contributed by atoms with van der Waals surface area (Å²) in [6.07, 6.45) is 1.65. The van der Waals surface area contributed by atoms with E-state index < -0.39 is 11.9 Å². The number of hydrogen-bond donors (Lipinski definition) is 1. The van der Waals surface area contributed by atoms with Crippen LogP contribution in [-0.4, -0.2) is 20.9 Å². The maximum Gasteiger partial charge on any atom is 0.312 e. The number of aryl methyl sites for hydroxylation is 1. The quantitative estimate of drug-likeness (QED) is 0.797. The van der Waals surface area contributed by atoms with Gasteiger partial charge < -0.3 is 5.11 Å². The van der Waals surface area contributed by atoms with Gasteiger partial charge in [0, 0.05) is 12.7 Å². The van der Waals surface area contributed by atoms with Crippen LogP contribution in [0.1, 0.15) is 32.4 Å². The first-order chi connectivity index (χ1) is 6.57. The molecule has 1 aromatic rings. The van der Waals surface area contributed by atoms with Gasteiger partial charge in [0.05, 0.1) is 5.69 Å². The lowest BCUT2D eigenvalue weighted by Gasteiger charge is -2.17. The highest BCUT2D eigenvalue weighted by molar-refractivity contribution is 5.75. The van der Waals surface area contributed by atoms with E-state index in [4.69, 9.17) is 5.11 Å². The van der Waals surface area contributed by atoms with E-state index in [1.165, 1.54) is 0 Å². The summed E-state index contributed by atoms with van der Waals surface area (Å²) in [5.41, 5.74) is 0.787. The predicted molar refractivity (Wildman–Crippen MR) is 53.1 cm³/mol.